The molecule has 0 aromatic carbocycles. The maximum atomic E-state index is 5.71. The predicted octanol–water partition coefficient (Wildman–Crippen LogP) is 2.49. The maximum absolute atomic E-state index is 5.71. The highest BCUT2D eigenvalue weighted by Gasteiger charge is 2.34. The van der Waals surface area contributed by atoms with Gasteiger partial charge in [0.25, 0.3) is 5.89 Å². The Labute approximate surface area is 131 Å². The van der Waals surface area contributed by atoms with Crippen LogP contribution in [0.15, 0.2) is 27.2 Å². The lowest BCUT2D eigenvalue weighted by Crippen LogP contribution is -2.35. The molecule has 0 spiro atoms. The molecule has 1 saturated heterocycles. The van der Waals surface area contributed by atoms with Crippen LogP contribution in [0.2, 0.25) is 0 Å². The van der Waals surface area contributed by atoms with Gasteiger partial charge in [0.1, 0.15) is 0 Å². The first-order chi connectivity index (χ1) is 10.7. The zero-order valence-corrected chi connectivity index (χ0v) is 13.5. The smallest absolute Gasteiger partial charge is 0.283 e. The molecular weight excluding hydrogens is 280 g/mol. The van der Waals surface area contributed by atoms with Gasteiger partial charge in [-0.05, 0) is 38.6 Å². The van der Waals surface area contributed by atoms with Gasteiger partial charge in [-0.15, -0.1) is 10.2 Å². The van der Waals surface area contributed by atoms with Crippen molar-refractivity contribution in [1.82, 2.24) is 20.0 Å². The summed E-state index contributed by atoms with van der Waals surface area (Å²) in [5.74, 6) is 2.44. The highest BCUT2D eigenvalue weighted by molar-refractivity contribution is 5.42. The van der Waals surface area contributed by atoms with E-state index >= 15 is 0 Å². The molecule has 0 radical (unpaired) electrons. The topological polar surface area (TPSA) is 58.5 Å². The number of likely N-dealkylation sites (tertiary alicyclic amines) is 1. The van der Waals surface area contributed by atoms with Crippen molar-refractivity contribution in [2.24, 2.45) is 5.92 Å². The van der Waals surface area contributed by atoms with Crippen molar-refractivity contribution in [3.8, 4) is 11.7 Å². The Bertz CT molecular complexity index is 579. The Morgan fingerprint density at radius 3 is 2.86 bits per heavy atom. The minimum absolute atomic E-state index is 0.452. The molecule has 3 rings (SSSR count). The van der Waals surface area contributed by atoms with E-state index in [2.05, 4.69) is 41.0 Å². The van der Waals surface area contributed by atoms with Crippen LogP contribution in [0.3, 0.4) is 0 Å². The van der Waals surface area contributed by atoms with Crippen LogP contribution in [0.1, 0.15) is 25.7 Å². The van der Waals surface area contributed by atoms with Crippen molar-refractivity contribution in [1.29, 1.82) is 0 Å². The maximum Gasteiger partial charge on any atom is 0.283 e. The number of likely N-dealkylation sites (N-methyl/N-ethyl adjacent to an activating group) is 1. The van der Waals surface area contributed by atoms with Crippen LogP contribution in [-0.4, -0.2) is 53.2 Å². The van der Waals surface area contributed by atoms with Gasteiger partial charge in [0.05, 0.1) is 12.8 Å². The quantitative estimate of drug-likeness (QED) is 0.817. The van der Waals surface area contributed by atoms with Crippen LogP contribution in [0.25, 0.3) is 11.7 Å². The lowest BCUT2D eigenvalue weighted by atomic mass is 9.98. The fourth-order valence-electron chi connectivity index (χ4n) is 3.32. The molecule has 2 atom stereocenters. The van der Waals surface area contributed by atoms with Gasteiger partial charge in [0, 0.05) is 19.1 Å². The van der Waals surface area contributed by atoms with E-state index in [-0.39, 0.29) is 0 Å². The van der Waals surface area contributed by atoms with Crippen molar-refractivity contribution in [3.05, 3.63) is 24.3 Å². The van der Waals surface area contributed by atoms with Crippen molar-refractivity contribution in [2.75, 3.05) is 27.2 Å². The summed E-state index contributed by atoms with van der Waals surface area (Å²) >= 11 is 0. The van der Waals surface area contributed by atoms with E-state index in [0.717, 1.165) is 13.1 Å². The van der Waals surface area contributed by atoms with E-state index in [4.69, 9.17) is 8.83 Å². The third-order valence-electron chi connectivity index (χ3n) is 4.36. The first-order valence-electron chi connectivity index (χ1n) is 7.92. The average Bonchev–Trinajstić information content (AvgIpc) is 3.19. The first-order valence-corrected chi connectivity index (χ1v) is 7.92. The third kappa shape index (κ3) is 3.23. The van der Waals surface area contributed by atoms with Crippen LogP contribution < -0.4 is 0 Å². The molecular formula is C16H24N4O2. The van der Waals surface area contributed by atoms with Gasteiger partial charge in [-0.2, -0.15) is 0 Å². The number of aromatic nitrogens is 2. The van der Waals surface area contributed by atoms with Crippen molar-refractivity contribution in [3.63, 3.8) is 0 Å². The second-order valence-electron chi connectivity index (χ2n) is 6.25. The second-order valence-corrected chi connectivity index (χ2v) is 6.25. The van der Waals surface area contributed by atoms with Gasteiger partial charge in [0.15, 0.2) is 5.76 Å². The molecule has 6 nitrogen and oxygen atoms in total. The van der Waals surface area contributed by atoms with Gasteiger partial charge in [0.2, 0.25) is 5.89 Å². The molecule has 2 aromatic heterocycles. The highest BCUT2D eigenvalue weighted by atomic mass is 16.4. The predicted molar refractivity (Wildman–Crippen MR) is 83.2 cm³/mol. The number of furan rings is 1. The van der Waals surface area contributed by atoms with Crippen molar-refractivity contribution in [2.45, 2.75) is 32.4 Å². The van der Waals surface area contributed by atoms with E-state index < -0.39 is 0 Å². The molecule has 3 heterocycles. The second kappa shape index (κ2) is 6.62. The fraction of sp³-hybridized carbons (Fsp3) is 0.625. The van der Waals surface area contributed by atoms with E-state index in [1.807, 2.05) is 12.1 Å². The van der Waals surface area contributed by atoms with Crippen LogP contribution in [0.5, 0.6) is 0 Å². The summed E-state index contributed by atoms with van der Waals surface area (Å²) in [6.07, 6.45) is 4.10. The molecule has 0 aliphatic carbocycles. The molecule has 22 heavy (non-hydrogen) atoms. The molecule has 1 fully saturated rings. The summed E-state index contributed by atoms with van der Waals surface area (Å²) < 4.78 is 11.0. The minimum Gasteiger partial charge on any atom is -0.459 e. The molecule has 0 saturated carbocycles. The Morgan fingerprint density at radius 1 is 1.32 bits per heavy atom. The molecule has 1 aliphatic rings. The van der Waals surface area contributed by atoms with Crippen LogP contribution in [-0.2, 0) is 6.54 Å². The van der Waals surface area contributed by atoms with Gasteiger partial charge in [-0.25, -0.2) is 0 Å². The molecule has 2 aromatic rings. The molecule has 120 valence electrons. The molecule has 0 bridgehead atoms. The molecule has 0 unspecified atom stereocenters. The summed E-state index contributed by atoms with van der Waals surface area (Å²) in [7, 11) is 4.33. The van der Waals surface area contributed by atoms with Gasteiger partial charge in [-0.3, -0.25) is 4.90 Å². The summed E-state index contributed by atoms with van der Waals surface area (Å²) in [4.78, 5) is 4.74. The van der Waals surface area contributed by atoms with Crippen LogP contribution in [0.4, 0.5) is 0 Å². The standard InChI is InChI=1S/C16H24N4O2/c1-4-6-12-9-20(10-13(12)19(2)3)11-15-17-18-16(22-15)14-7-5-8-21-14/h5,7-8,12-13H,4,6,9-11H2,1-3H3/t12-,13-/m1/s1. The van der Waals surface area contributed by atoms with Gasteiger partial charge >= 0.3 is 0 Å². The van der Waals surface area contributed by atoms with Gasteiger partial charge < -0.3 is 13.7 Å². The Hall–Kier alpha value is -1.66. The summed E-state index contributed by atoms with van der Waals surface area (Å²) in [5, 5.41) is 8.21. The fourth-order valence-corrected chi connectivity index (χ4v) is 3.32. The third-order valence-corrected chi connectivity index (χ3v) is 4.36. The molecule has 0 amide bonds. The van der Waals surface area contributed by atoms with Crippen LogP contribution >= 0.6 is 0 Å². The zero-order chi connectivity index (χ0) is 15.5. The number of rotatable bonds is 6. The Kier molecular flexibility index (Phi) is 4.59. The molecule has 6 heteroatoms. The van der Waals surface area contributed by atoms with E-state index in [1.54, 1.807) is 6.26 Å². The number of hydrogen-bond donors (Lipinski definition) is 0. The van der Waals surface area contributed by atoms with Crippen molar-refractivity contribution < 1.29 is 8.83 Å². The van der Waals surface area contributed by atoms with E-state index in [1.165, 1.54) is 12.8 Å². The summed E-state index contributed by atoms with van der Waals surface area (Å²) in [6, 6.07) is 4.25. The summed E-state index contributed by atoms with van der Waals surface area (Å²) in [6.45, 7) is 5.10. The molecule has 1 aliphatic heterocycles. The molecule has 0 N–H and O–H groups in total. The van der Waals surface area contributed by atoms with Crippen molar-refractivity contribution >= 4 is 0 Å². The minimum atomic E-state index is 0.452. The van der Waals surface area contributed by atoms with Gasteiger partial charge in [-0.1, -0.05) is 13.3 Å². The van der Waals surface area contributed by atoms with E-state index in [0.29, 0.717) is 36.0 Å². The Balaban J connectivity index is 1.64. The lowest BCUT2D eigenvalue weighted by Gasteiger charge is -2.24. The lowest BCUT2D eigenvalue weighted by molar-refractivity contribution is 0.235. The summed E-state index contributed by atoms with van der Waals surface area (Å²) in [5.41, 5.74) is 0. The highest BCUT2D eigenvalue weighted by Crippen LogP contribution is 2.26. The Morgan fingerprint density at radius 2 is 2.18 bits per heavy atom. The zero-order valence-electron chi connectivity index (χ0n) is 13.5. The monoisotopic (exact) mass is 304 g/mol. The number of hydrogen-bond acceptors (Lipinski definition) is 6. The average molecular weight is 304 g/mol. The van der Waals surface area contributed by atoms with Crippen LogP contribution in [0, 0.1) is 5.92 Å². The SMILES string of the molecule is CCC[C@@H]1CN(Cc2nnc(-c3ccco3)o2)C[C@H]1N(C)C. The largest absolute Gasteiger partial charge is 0.459 e. The van der Waals surface area contributed by atoms with E-state index in [9.17, 15) is 0 Å². The number of nitrogens with zero attached hydrogens (tertiary/aromatic N) is 4. The normalized spacial score (nSPS) is 22.7. The first kappa shape index (κ1) is 15.2.